The highest BCUT2D eigenvalue weighted by atomic mass is 32.1. The fourth-order valence-electron chi connectivity index (χ4n) is 2.67. The minimum atomic E-state index is 0.393. The van der Waals surface area contributed by atoms with E-state index in [0.717, 1.165) is 11.1 Å². The molecular formula is C19H20N4O3S. The van der Waals surface area contributed by atoms with E-state index in [-0.39, 0.29) is 0 Å². The smallest absolute Gasteiger partial charge is 0.216 e. The summed E-state index contributed by atoms with van der Waals surface area (Å²) < 4.78 is 18.1. The Bertz CT molecular complexity index is 1040. The van der Waals surface area contributed by atoms with Gasteiger partial charge in [-0.3, -0.25) is 0 Å². The summed E-state index contributed by atoms with van der Waals surface area (Å²) in [4.78, 5) is 0. The molecular weight excluding hydrogens is 364 g/mol. The highest BCUT2D eigenvalue weighted by Crippen LogP contribution is 2.33. The third-order valence-electron chi connectivity index (χ3n) is 4.08. The standard InChI is InChI=1S/C19H20N4O3S/c1-12-7-5-6-8-14(12)18-21-22-19(27)23(18)20-11-13-9-16(25-3)17(26-4)10-15(13)24-2/h5-11H,1-4H3,(H,22,27)/b20-11-. The molecule has 0 bridgehead atoms. The first-order chi connectivity index (χ1) is 13.1. The molecule has 3 aromatic rings. The van der Waals surface area contributed by atoms with E-state index in [1.807, 2.05) is 31.2 Å². The minimum absolute atomic E-state index is 0.393. The van der Waals surface area contributed by atoms with Crippen LogP contribution >= 0.6 is 12.2 Å². The molecule has 0 aliphatic rings. The predicted octanol–water partition coefficient (Wildman–Crippen LogP) is 3.82. The van der Waals surface area contributed by atoms with Gasteiger partial charge in [0.25, 0.3) is 0 Å². The molecule has 27 heavy (non-hydrogen) atoms. The van der Waals surface area contributed by atoms with Crippen LogP contribution in [0, 0.1) is 11.7 Å². The molecule has 7 nitrogen and oxygen atoms in total. The van der Waals surface area contributed by atoms with E-state index in [4.69, 9.17) is 26.4 Å². The summed E-state index contributed by atoms with van der Waals surface area (Å²) in [5, 5.41) is 11.6. The molecule has 0 fully saturated rings. The van der Waals surface area contributed by atoms with Crippen LogP contribution < -0.4 is 14.2 Å². The van der Waals surface area contributed by atoms with Crippen LogP contribution in [0.2, 0.25) is 0 Å². The number of H-pyrrole nitrogens is 1. The Labute approximate surface area is 162 Å². The molecule has 0 saturated carbocycles. The number of methoxy groups -OCH3 is 3. The molecule has 2 aromatic carbocycles. The summed E-state index contributed by atoms with van der Waals surface area (Å²) in [6, 6.07) is 11.4. The number of aryl methyl sites for hydroxylation is 1. The molecule has 0 aliphatic heterocycles. The number of benzene rings is 2. The summed E-state index contributed by atoms with van der Waals surface area (Å²) in [7, 11) is 4.74. The van der Waals surface area contributed by atoms with E-state index < -0.39 is 0 Å². The lowest BCUT2D eigenvalue weighted by molar-refractivity contribution is 0.349. The highest BCUT2D eigenvalue weighted by molar-refractivity contribution is 7.71. The van der Waals surface area contributed by atoms with Gasteiger partial charge in [0.2, 0.25) is 4.77 Å². The van der Waals surface area contributed by atoms with E-state index >= 15 is 0 Å². The first-order valence-electron chi connectivity index (χ1n) is 8.16. The third-order valence-corrected chi connectivity index (χ3v) is 4.35. The number of nitrogens with zero attached hydrogens (tertiary/aromatic N) is 3. The number of aromatic nitrogens is 3. The molecule has 8 heteroatoms. The lowest BCUT2D eigenvalue weighted by Crippen LogP contribution is -1.99. The summed E-state index contributed by atoms with van der Waals surface area (Å²) in [6.07, 6.45) is 1.65. The van der Waals surface area contributed by atoms with Crippen molar-refractivity contribution in [2.45, 2.75) is 6.92 Å². The molecule has 1 aromatic heterocycles. The van der Waals surface area contributed by atoms with Crippen molar-refractivity contribution in [2.24, 2.45) is 5.10 Å². The van der Waals surface area contributed by atoms with Crippen LogP contribution in [0.15, 0.2) is 41.5 Å². The Hall–Kier alpha value is -3.13. The summed E-state index contributed by atoms with van der Waals surface area (Å²) in [5.41, 5.74) is 2.74. The Kier molecular flexibility index (Phi) is 5.56. The lowest BCUT2D eigenvalue weighted by atomic mass is 10.1. The van der Waals surface area contributed by atoms with Crippen LogP contribution in [0.3, 0.4) is 0 Å². The zero-order valence-corrected chi connectivity index (χ0v) is 16.3. The number of ether oxygens (including phenoxy) is 3. The molecule has 0 spiro atoms. The van der Waals surface area contributed by atoms with Gasteiger partial charge in [0.05, 0.1) is 27.5 Å². The average molecular weight is 384 g/mol. The Balaban J connectivity index is 2.07. The summed E-state index contributed by atoms with van der Waals surface area (Å²) in [6.45, 7) is 2.01. The zero-order chi connectivity index (χ0) is 19.4. The van der Waals surface area contributed by atoms with Gasteiger partial charge in [-0.25, -0.2) is 5.10 Å². The van der Waals surface area contributed by atoms with Crippen molar-refractivity contribution in [1.29, 1.82) is 0 Å². The zero-order valence-electron chi connectivity index (χ0n) is 15.5. The van der Waals surface area contributed by atoms with Gasteiger partial charge in [0.15, 0.2) is 17.3 Å². The number of aromatic amines is 1. The first kappa shape index (κ1) is 18.7. The molecule has 1 N–H and O–H groups in total. The van der Waals surface area contributed by atoms with Crippen LogP contribution in [0.25, 0.3) is 11.4 Å². The molecule has 0 radical (unpaired) electrons. The largest absolute Gasteiger partial charge is 0.496 e. The second-order valence-corrected chi connectivity index (χ2v) is 6.06. The molecule has 0 atom stereocenters. The van der Waals surface area contributed by atoms with Crippen LogP contribution in [-0.4, -0.2) is 42.4 Å². The van der Waals surface area contributed by atoms with E-state index in [1.54, 1.807) is 44.4 Å². The Morgan fingerprint density at radius 3 is 2.37 bits per heavy atom. The number of hydrogen-bond acceptors (Lipinski definition) is 6. The minimum Gasteiger partial charge on any atom is -0.496 e. The van der Waals surface area contributed by atoms with E-state index in [0.29, 0.717) is 33.4 Å². The van der Waals surface area contributed by atoms with Crippen LogP contribution in [0.1, 0.15) is 11.1 Å². The van der Waals surface area contributed by atoms with Crippen molar-refractivity contribution in [3.63, 3.8) is 0 Å². The van der Waals surface area contributed by atoms with Gasteiger partial charge in [-0.15, -0.1) is 0 Å². The van der Waals surface area contributed by atoms with Crippen molar-refractivity contribution in [3.8, 4) is 28.6 Å². The average Bonchev–Trinajstić information content (AvgIpc) is 3.06. The second-order valence-electron chi connectivity index (χ2n) is 5.67. The van der Waals surface area contributed by atoms with Crippen molar-refractivity contribution >= 4 is 18.4 Å². The monoisotopic (exact) mass is 384 g/mol. The topological polar surface area (TPSA) is 73.7 Å². The van der Waals surface area contributed by atoms with Crippen LogP contribution in [-0.2, 0) is 0 Å². The van der Waals surface area contributed by atoms with Gasteiger partial charge in [-0.05, 0) is 30.8 Å². The van der Waals surface area contributed by atoms with Gasteiger partial charge in [-0.1, -0.05) is 24.3 Å². The van der Waals surface area contributed by atoms with Crippen LogP contribution in [0.4, 0.5) is 0 Å². The second kappa shape index (κ2) is 8.05. The molecule has 140 valence electrons. The number of rotatable bonds is 6. The maximum absolute atomic E-state index is 5.44. The van der Waals surface area contributed by atoms with Crippen molar-refractivity contribution < 1.29 is 14.2 Å². The normalized spacial score (nSPS) is 11.0. The van der Waals surface area contributed by atoms with Crippen molar-refractivity contribution in [2.75, 3.05) is 21.3 Å². The highest BCUT2D eigenvalue weighted by Gasteiger charge is 2.13. The van der Waals surface area contributed by atoms with Gasteiger partial charge in [0, 0.05) is 17.2 Å². The molecule has 0 unspecified atom stereocenters. The predicted molar refractivity (Wildman–Crippen MR) is 107 cm³/mol. The Morgan fingerprint density at radius 1 is 1.04 bits per heavy atom. The van der Waals surface area contributed by atoms with Gasteiger partial charge >= 0.3 is 0 Å². The van der Waals surface area contributed by atoms with E-state index in [9.17, 15) is 0 Å². The quantitative estimate of drug-likeness (QED) is 0.517. The van der Waals surface area contributed by atoms with Crippen molar-refractivity contribution in [1.82, 2.24) is 14.9 Å². The fraction of sp³-hybridized carbons (Fsp3) is 0.211. The first-order valence-corrected chi connectivity index (χ1v) is 8.57. The fourth-order valence-corrected chi connectivity index (χ4v) is 2.85. The molecule has 0 aliphatic carbocycles. The number of nitrogens with one attached hydrogen (secondary N) is 1. The number of hydrogen-bond donors (Lipinski definition) is 1. The van der Waals surface area contributed by atoms with Gasteiger partial charge in [-0.2, -0.15) is 14.9 Å². The molecule has 0 saturated heterocycles. The van der Waals surface area contributed by atoms with E-state index in [1.165, 1.54) is 0 Å². The maximum atomic E-state index is 5.44. The van der Waals surface area contributed by atoms with Gasteiger partial charge < -0.3 is 14.2 Å². The molecule has 3 rings (SSSR count). The van der Waals surface area contributed by atoms with Crippen LogP contribution in [0.5, 0.6) is 17.2 Å². The summed E-state index contributed by atoms with van der Waals surface area (Å²) in [5.74, 6) is 2.39. The van der Waals surface area contributed by atoms with E-state index in [2.05, 4.69) is 15.3 Å². The maximum Gasteiger partial charge on any atom is 0.216 e. The van der Waals surface area contributed by atoms with Gasteiger partial charge in [0.1, 0.15) is 5.75 Å². The summed E-state index contributed by atoms with van der Waals surface area (Å²) >= 11 is 5.34. The molecule has 1 heterocycles. The Morgan fingerprint density at radius 2 is 1.70 bits per heavy atom. The molecule has 0 amide bonds. The van der Waals surface area contributed by atoms with Crippen molar-refractivity contribution in [3.05, 3.63) is 52.3 Å². The lowest BCUT2D eigenvalue weighted by Gasteiger charge is -2.12. The SMILES string of the molecule is COc1cc(OC)c(OC)cc1/C=N\n1c(-c2ccccc2C)n[nH]c1=S. The third kappa shape index (κ3) is 3.70.